The topological polar surface area (TPSA) is 63.2 Å². The number of esters is 1. The molecule has 146 valence electrons. The lowest BCUT2D eigenvalue weighted by Crippen LogP contribution is -2.46. The first-order valence-corrected chi connectivity index (χ1v) is 9.01. The predicted molar refractivity (Wildman–Crippen MR) is 115 cm³/mol. The Labute approximate surface area is 177 Å². The molecule has 6 nitrogen and oxygen atoms in total. The summed E-state index contributed by atoms with van der Waals surface area (Å²) in [5, 5.41) is 3.96. The number of likely N-dealkylation sites (tertiary alicyclic amines) is 1. The van der Waals surface area contributed by atoms with Gasteiger partial charge in [0.1, 0.15) is 12.4 Å². The number of carbonyl (C=O) groups is 1. The molecule has 0 spiro atoms. The van der Waals surface area contributed by atoms with Crippen molar-refractivity contribution in [3.05, 3.63) is 29.3 Å². The van der Waals surface area contributed by atoms with Crippen LogP contribution in [0.5, 0.6) is 5.75 Å². The number of methoxy groups -OCH3 is 1. The second-order valence-corrected chi connectivity index (χ2v) is 6.26. The third-order valence-electron chi connectivity index (χ3n) is 4.08. The molecule has 0 aliphatic carbocycles. The van der Waals surface area contributed by atoms with Crippen molar-refractivity contribution in [2.75, 3.05) is 39.9 Å². The average Bonchev–Trinajstić information content (AvgIpc) is 2.64. The Morgan fingerprint density at radius 1 is 1.38 bits per heavy atom. The van der Waals surface area contributed by atoms with E-state index in [4.69, 9.17) is 21.1 Å². The van der Waals surface area contributed by atoms with E-state index in [0.29, 0.717) is 18.2 Å². The first-order chi connectivity index (χ1) is 12.1. The Balaban J connectivity index is 0.00000338. The SMILES string of the molecule is CCNC(=NCCOc1cccc(Cl)c1)N1CCC(C(=O)OC)CC1.I. The second kappa shape index (κ2) is 12.2. The summed E-state index contributed by atoms with van der Waals surface area (Å²) in [6.07, 6.45) is 1.58. The summed E-state index contributed by atoms with van der Waals surface area (Å²) in [6, 6.07) is 7.33. The number of benzene rings is 1. The number of rotatable bonds is 6. The maximum absolute atomic E-state index is 11.6. The van der Waals surface area contributed by atoms with Crippen molar-refractivity contribution in [3.63, 3.8) is 0 Å². The van der Waals surface area contributed by atoms with Crippen LogP contribution in [-0.2, 0) is 9.53 Å². The van der Waals surface area contributed by atoms with Gasteiger partial charge in [0.25, 0.3) is 0 Å². The summed E-state index contributed by atoms with van der Waals surface area (Å²) < 4.78 is 10.5. The van der Waals surface area contributed by atoms with E-state index in [1.807, 2.05) is 25.1 Å². The van der Waals surface area contributed by atoms with Gasteiger partial charge in [0.05, 0.1) is 19.6 Å². The molecule has 2 rings (SSSR count). The Bertz CT molecular complexity index is 593. The quantitative estimate of drug-likeness (QED) is 0.216. The zero-order valence-corrected chi connectivity index (χ0v) is 18.3. The molecule has 0 radical (unpaired) electrons. The van der Waals surface area contributed by atoms with E-state index in [1.54, 1.807) is 6.07 Å². The van der Waals surface area contributed by atoms with Gasteiger partial charge in [0.2, 0.25) is 0 Å². The van der Waals surface area contributed by atoms with Crippen molar-refractivity contribution in [2.45, 2.75) is 19.8 Å². The van der Waals surface area contributed by atoms with Crippen LogP contribution in [0.3, 0.4) is 0 Å². The first-order valence-electron chi connectivity index (χ1n) is 8.63. The van der Waals surface area contributed by atoms with Crippen LogP contribution in [0.1, 0.15) is 19.8 Å². The van der Waals surface area contributed by atoms with Crippen LogP contribution >= 0.6 is 35.6 Å². The third kappa shape index (κ3) is 7.19. The number of hydrogen-bond acceptors (Lipinski definition) is 4. The molecule has 0 atom stereocenters. The number of nitrogens with zero attached hydrogens (tertiary/aromatic N) is 2. The zero-order chi connectivity index (χ0) is 18.1. The molecular formula is C18H27ClIN3O3. The number of carbonyl (C=O) groups excluding carboxylic acids is 1. The summed E-state index contributed by atoms with van der Waals surface area (Å²) in [4.78, 5) is 18.4. The van der Waals surface area contributed by atoms with E-state index < -0.39 is 0 Å². The lowest BCUT2D eigenvalue weighted by atomic mass is 9.97. The highest BCUT2D eigenvalue weighted by Crippen LogP contribution is 2.19. The number of guanidine groups is 1. The number of hydrogen-bond donors (Lipinski definition) is 1. The van der Waals surface area contributed by atoms with E-state index in [9.17, 15) is 4.79 Å². The molecular weight excluding hydrogens is 469 g/mol. The molecule has 0 unspecified atom stereocenters. The van der Waals surface area contributed by atoms with Crippen molar-refractivity contribution in [1.82, 2.24) is 10.2 Å². The van der Waals surface area contributed by atoms with Crippen LogP contribution in [0.2, 0.25) is 5.02 Å². The minimum absolute atomic E-state index is 0. The summed E-state index contributed by atoms with van der Waals surface area (Å²) >= 11 is 5.94. The number of ether oxygens (including phenoxy) is 2. The molecule has 8 heteroatoms. The molecule has 1 aliphatic rings. The summed E-state index contributed by atoms with van der Waals surface area (Å²) in [7, 11) is 1.44. The maximum Gasteiger partial charge on any atom is 0.308 e. The van der Waals surface area contributed by atoms with Crippen LogP contribution in [-0.4, -0.2) is 56.7 Å². The lowest BCUT2D eigenvalue weighted by molar-refractivity contribution is -0.146. The fourth-order valence-electron chi connectivity index (χ4n) is 2.79. The first kappa shape index (κ1) is 22.8. The maximum atomic E-state index is 11.6. The second-order valence-electron chi connectivity index (χ2n) is 5.83. The minimum Gasteiger partial charge on any atom is -0.492 e. The van der Waals surface area contributed by atoms with Gasteiger partial charge >= 0.3 is 5.97 Å². The molecule has 1 aliphatic heterocycles. The monoisotopic (exact) mass is 495 g/mol. The molecule has 1 fully saturated rings. The molecule has 0 saturated carbocycles. The Morgan fingerprint density at radius 2 is 2.12 bits per heavy atom. The van der Waals surface area contributed by atoms with Crippen molar-refractivity contribution in [2.24, 2.45) is 10.9 Å². The molecule has 1 aromatic rings. The average molecular weight is 496 g/mol. The molecule has 1 heterocycles. The smallest absolute Gasteiger partial charge is 0.308 e. The van der Waals surface area contributed by atoms with Gasteiger partial charge in [-0.25, -0.2) is 4.99 Å². The van der Waals surface area contributed by atoms with E-state index in [0.717, 1.165) is 44.2 Å². The number of nitrogens with one attached hydrogen (secondary N) is 1. The standard InChI is InChI=1S/C18H26ClN3O3.HI/c1-3-20-18(22-10-7-14(8-11-22)17(23)24-2)21-9-12-25-16-6-4-5-15(19)13-16;/h4-6,13-14H,3,7-12H2,1-2H3,(H,20,21);1H. The Hall–Kier alpha value is -1.22. The highest BCUT2D eigenvalue weighted by atomic mass is 127. The number of piperidine rings is 1. The van der Waals surface area contributed by atoms with E-state index >= 15 is 0 Å². The van der Waals surface area contributed by atoms with Gasteiger partial charge in [-0.1, -0.05) is 17.7 Å². The minimum atomic E-state index is -0.114. The molecule has 26 heavy (non-hydrogen) atoms. The van der Waals surface area contributed by atoms with Gasteiger partial charge in [0.15, 0.2) is 5.96 Å². The molecule has 0 bridgehead atoms. The molecule has 1 aromatic carbocycles. The Kier molecular flexibility index (Phi) is 10.7. The molecule has 0 aromatic heterocycles. The molecule has 1 N–H and O–H groups in total. The molecule has 0 amide bonds. The summed E-state index contributed by atoms with van der Waals surface area (Å²) in [5.74, 6) is 1.49. The fourth-order valence-corrected chi connectivity index (χ4v) is 2.97. The van der Waals surface area contributed by atoms with E-state index in [-0.39, 0.29) is 35.9 Å². The van der Waals surface area contributed by atoms with Crippen molar-refractivity contribution >= 4 is 47.5 Å². The van der Waals surface area contributed by atoms with Crippen LogP contribution in [0, 0.1) is 5.92 Å². The van der Waals surface area contributed by atoms with Gasteiger partial charge in [-0.15, -0.1) is 24.0 Å². The van der Waals surface area contributed by atoms with Gasteiger partial charge in [-0.3, -0.25) is 4.79 Å². The lowest BCUT2D eigenvalue weighted by Gasteiger charge is -2.33. The van der Waals surface area contributed by atoms with Crippen LogP contribution in [0.4, 0.5) is 0 Å². The van der Waals surface area contributed by atoms with Crippen LogP contribution in [0.25, 0.3) is 0 Å². The largest absolute Gasteiger partial charge is 0.492 e. The van der Waals surface area contributed by atoms with Crippen molar-refractivity contribution < 1.29 is 14.3 Å². The van der Waals surface area contributed by atoms with E-state index in [2.05, 4.69) is 15.2 Å². The zero-order valence-electron chi connectivity index (χ0n) is 15.2. The normalized spacial score (nSPS) is 15.2. The third-order valence-corrected chi connectivity index (χ3v) is 4.32. The van der Waals surface area contributed by atoms with Crippen molar-refractivity contribution in [1.29, 1.82) is 0 Å². The van der Waals surface area contributed by atoms with Gasteiger partial charge in [0, 0.05) is 24.7 Å². The van der Waals surface area contributed by atoms with E-state index in [1.165, 1.54) is 7.11 Å². The van der Waals surface area contributed by atoms with Gasteiger partial charge in [-0.2, -0.15) is 0 Å². The number of aliphatic imine (C=N–C) groups is 1. The predicted octanol–water partition coefficient (Wildman–Crippen LogP) is 3.19. The summed E-state index contributed by atoms with van der Waals surface area (Å²) in [5.41, 5.74) is 0. The van der Waals surface area contributed by atoms with Crippen LogP contribution < -0.4 is 10.1 Å². The summed E-state index contributed by atoms with van der Waals surface area (Å²) in [6.45, 7) is 5.45. The highest BCUT2D eigenvalue weighted by Gasteiger charge is 2.26. The van der Waals surface area contributed by atoms with Crippen LogP contribution in [0.15, 0.2) is 29.3 Å². The van der Waals surface area contributed by atoms with Crippen molar-refractivity contribution in [3.8, 4) is 5.75 Å². The Morgan fingerprint density at radius 3 is 2.73 bits per heavy atom. The molecule has 1 saturated heterocycles. The fraction of sp³-hybridized carbons (Fsp3) is 0.556. The van der Waals surface area contributed by atoms with Gasteiger partial charge in [-0.05, 0) is 38.0 Å². The highest BCUT2D eigenvalue weighted by molar-refractivity contribution is 14.0. The number of halogens is 2. The van der Waals surface area contributed by atoms with Gasteiger partial charge < -0.3 is 19.7 Å².